The second kappa shape index (κ2) is 6.89. The minimum atomic E-state index is -0.928. The van der Waals surface area contributed by atoms with Crippen LogP contribution >= 0.6 is 11.6 Å². The third-order valence-corrected chi connectivity index (χ3v) is 4.60. The average Bonchev–Trinajstić information content (AvgIpc) is 3.07. The van der Waals surface area contributed by atoms with Crippen molar-refractivity contribution in [1.29, 1.82) is 0 Å². The van der Waals surface area contributed by atoms with Crippen LogP contribution in [0, 0.1) is 0 Å². The van der Waals surface area contributed by atoms with Crippen LogP contribution in [0.5, 0.6) is 0 Å². The van der Waals surface area contributed by atoms with E-state index in [1.165, 1.54) is 10.8 Å². The summed E-state index contributed by atoms with van der Waals surface area (Å²) < 4.78 is 11.5. The fourth-order valence-corrected chi connectivity index (χ4v) is 3.23. The number of esters is 2. The average molecular weight is 384 g/mol. The molecule has 0 N–H and O–H groups in total. The van der Waals surface area contributed by atoms with Crippen molar-refractivity contribution in [2.24, 2.45) is 0 Å². The SMILES string of the molecule is O=C(O[C@@H]1CCOC1=O)c1cn(-c2cccc(Cl)c2)c(=O)c2ccccc12. The molecule has 2 heterocycles. The van der Waals surface area contributed by atoms with E-state index in [1.54, 1.807) is 48.5 Å². The second-order valence-electron chi connectivity index (χ2n) is 6.09. The maximum atomic E-state index is 12.9. The zero-order valence-electron chi connectivity index (χ0n) is 14.1. The molecule has 27 heavy (non-hydrogen) atoms. The van der Waals surface area contributed by atoms with Crippen LogP contribution in [0.4, 0.5) is 0 Å². The Kier molecular flexibility index (Phi) is 4.41. The van der Waals surface area contributed by atoms with Crippen molar-refractivity contribution < 1.29 is 19.1 Å². The monoisotopic (exact) mass is 383 g/mol. The van der Waals surface area contributed by atoms with E-state index in [0.29, 0.717) is 27.9 Å². The fourth-order valence-electron chi connectivity index (χ4n) is 3.05. The van der Waals surface area contributed by atoms with Crippen LogP contribution in [0.2, 0.25) is 5.02 Å². The fraction of sp³-hybridized carbons (Fsp3) is 0.150. The number of cyclic esters (lactones) is 1. The molecule has 0 unspecified atom stereocenters. The minimum Gasteiger partial charge on any atom is -0.463 e. The molecule has 0 bridgehead atoms. The van der Waals surface area contributed by atoms with Crippen molar-refractivity contribution in [2.45, 2.75) is 12.5 Å². The lowest BCUT2D eigenvalue weighted by molar-refractivity contribution is -0.145. The van der Waals surface area contributed by atoms with E-state index in [0.717, 1.165) is 0 Å². The van der Waals surface area contributed by atoms with Gasteiger partial charge in [-0.25, -0.2) is 9.59 Å². The topological polar surface area (TPSA) is 74.6 Å². The lowest BCUT2D eigenvalue weighted by Gasteiger charge is -2.13. The molecule has 1 atom stereocenters. The van der Waals surface area contributed by atoms with Crippen LogP contribution < -0.4 is 5.56 Å². The molecule has 0 saturated carbocycles. The first-order valence-electron chi connectivity index (χ1n) is 8.32. The maximum Gasteiger partial charge on any atom is 0.347 e. The van der Waals surface area contributed by atoms with Crippen LogP contribution in [-0.4, -0.2) is 29.2 Å². The number of hydrogen-bond acceptors (Lipinski definition) is 5. The highest BCUT2D eigenvalue weighted by molar-refractivity contribution is 6.30. The summed E-state index contributed by atoms with van der Waals surface area (Å²) in [6, 6.07) is 13.5. The van der Waals surface area contributed by atoms with Gasteiger partial charge in [0.25, 0.3) is 5.56 Å². The molecule has 7 heteroatoms. The summed E-state index contributed by atoms with van der Waals surface area (Å²) in [4.78, 5) is 37.3. The van der Waals surface area contributed by atoms with Gasteiger partial charge in [0.15, 0.2) is 0 Å². The summed E-state index contributed by atoms with van der Waals surface area (Å²) in [7, 11) is 0. The van der Waals surface area contributed by atoms with E-state index < -0.39 is 18.0 Å². The van der Waals surface area contributed by atoms with Crippen LogP contribution in [0.3, 0.4) is 0 Å². The molecule has 1 aromatic heterocycles. The molecule has 6 nitrogen and oxygen atoms in total. The third-order valence-electron chi connectivity index (χ3n) is 4.37. The summed E-state index contributed by atoms with van der Waals surface area (Å²) in [5.41, 5.74) is 0.419. The number of benzene rings is 2. The van der Waals surface area contributed by atoms with Gasteiger partial charge in [0, 0.05) is 28.4 Å². The Bertz CT molecular complexity index is 1120. The third kappa shape index (κ3) is 3.19. The van der Waals surface area contributed by atoms with Gasteiger partial charge in [0.2, 0.25) is 6.10 Å². The normalized spacial score (nSPS) is 16.3. The lowest BCUT2D eigenvalue weighted by atomic mass is 10.1. The van der Waals surface area contributed by atoms with E-state index >= 15 is 0 Å². The van der Waals surface area contributed by atoms with Gasteiger partial charge in [-0.05, 0) is 24.3 Å². The quantitative estimate of drug-likeness (QED) is 0.650. The summed E-state index contributed by atoms with van der Waals surface area (Å²) in [6.07, 6.45) is 0.804. The van der Waals surface area contributed by atoms with E-state index in [9.17, 15) is 14.4 Å². The summed E-state index contributed by atoms with van der Waals surface area (Å²) in [5, 5.41) is 1.28. The number of rotatable bonds is 3. The number of carbonyl (C=O) groups is 2. The van der Waals surface area contributed by atoms with Crippen LogP contribution in [0.15, 0.2) is 59.5 Å². The van der Waals surface area contributed by atoms with Gasteiger partial charge in [-0.3, -0.25) is 9.36 Å². The summed E-state index contributed by atoms with van der Waals surface area (Å²) in [5.74, 6) is -1.25. The highest BCUT2D eigenvalue weighted by atomic mass is 35.5. The second-order valence-corrected chi connectivity index (χ2v) is 6.53. The highest BCUT2D eigenvalue weighted by Crippen LogP contribution is 2.21. The molecule has 1 aliphatic rings. The van der Waals surface area contributed by atoms with Gasteiger partial charge in [0.1, 0.15) is 0 Å². The van der Waals surface area contributed by atoms with Gasteiger partial charge >= 0.3 is 11.9 Å². The number of pyridine rings is 1. The molecule has 3 aromatic rings. The number of aromatic nitrogens is 1. The molecule has 0 amide bonds. The van der Waals surface area contributed by atoms with Crippen molar-refractivity contribution >= 4 is 34.3 Å². The molecular weight excluding hydrogens is 370 g/mol. The first kappa shape index (κ1) is 17.3. The summed E-state index contributed by atoms with van der Waals surface area (Å²) >= 11 is 6.04. The predicted octanol–water partition coefficient (Wildman–Crippen LogP) is 3.12. The van der Waals surface area contributed by atoms with Gasteiger partial charge in [0.05, 0.1) is 17.9 Å². The van der Waals surface area contributed by atoms with Crippen molar-refractivity contribution in [3.63, 3.8) is 0 Å². The number of ether oxygens (including phenoxy) is 2. The number of hydrogen-bond donors (Lipinski definition) is 0. The Morgan fingerprint density at radius 1 is 1.11 bits per heavy atom. The zero-order valence-corrected chi connectivity index (χ0v) is 14.8. The predicted molar refractivity (Wildman–Crippen MR) is 99.3 cm³/mol. The highest BCUT2D eigenvalue weighted by Gasteiger charge is 2.31. The number of halogens is 1. The first-order chi connectivity index (χ1) is 13.0. The van der Waals surface area contributed by atoms with E-state index in [4.69, 9.17) is 21.1 Å². The van der Waals surface area contributed by atoms with E-state index in [1.807, 2.05) is 0 Å². The first-order valence-corrected chi connectivity index (χ1v) is 8.70. The van der Waals surface area contributed by atoms with Gasteiger partial charge in [-0.1, -0.05) is 35.9 Å². The van der Waals surface area contributed by atoms with Crippen molar-refractivity contribution in [3.8, 4) is 5.69 Å². The Labute approximate surface area is 158 Å². The molecule has 4 rings (SSSR count). The Balaban J connectivity index is 1.86. The largest absolute Gasteiger partial charge is 0.463 e. The molecule has 0 spiro atoms. The Morgan fingerprint density at radius 3 is 2.59 bits per heavy atom. The minimum absolute atomic E-state index is 0.185. The summed E-state index contributed by atoms with van der Waals surface area (Å²) in [6.45, 7) is 0.222. The van der Waals surface area contributed by atoms with Crippen LogP contribution in [0.1, 0.15) is 16.8 Å². The number of carbonyl (C=O) groups excluding carboxylic acids is 2. The van der Waals surface area contributed by atoms with Crippen LogP contribution in [-0.2, 0) is 14.3 Å². The van der Waals surface area contributed by atoms with Crippen molar-refractivity contribution in [1.82, 2.24) is 4.57 Å². The molecule has 0 aliphatic carbocycles. The molecule has 136 valence electrons. The van der Waals surface area contributed by atoms with Crippen molar-refractivity contribution in [2.75, 3.05) is 6.61 Å². The van der Waals surface area contributed by atoms with Crippen LogP contribution in [0.25, 0.3) is 16.5 Å². The number of nitrogens with zero attached hydrogens (tertiary/aromatic N) is 1. The molecule has 1 aliphatic heterocycles. The molecular formula is C20H14ClNO5. The zero-order chi connectivity index (χ0) is 19.0. The molecule has 1 saturated heterocycles. The Hall–Kier alpha value is -3.12. The van der Waals surface area contributed by atoms with E-state index in [-0.39, 0.29) is 17.7 Å². The standard InChI is InChI=1S/C20H14ClNO5/c21-12-4-3-5-13(10-12)22-11-16(14-6-1-2-7-15(14)18(22)23)19(24)27-17-8-9-26-20(17)25/h1-7,10-11,17H,8-9H2/t17-/m1/s1. The molecule has 0 radical (unpaired) electrons. The molecule has 1 fully saturated rings. The van der Waals surface area contributed by atoms with E-state index in [2.05, 4.69) is 0 Å². The molecule has 2 aromatic carbocycles. The van der Waals surface area contributed by atoms with Crippen molar-refractivity contribution in [3.05, 3.63) is 75.7 Å². The number of fused-ring (bicyclic) bond motifs is 1. The van der Waals surface area contributed by atoms with Gasteiger partial charge in [-0.15, -0.1) is 0 Å². The van der Waals surface area contributed by atoms with Gasteiger partial charge in [-0.2, -0.15) is 0 Å². The maximum absolute atomic E-state index is 12.9. The lowest BCUT2D eigenvalue weighted by Crippen LogP contribution is -2.25. The smallest absolute Gasteiger partial charge is 0.347 e. The van der Waals surface area contributed by atoms with Gasteiger partial charge < -0.3 is 9.47 Å². The Morgan fingerprint density at radius 2 is 1.89 bits per heavy atom.